The van der Waals surface area contributed by atoms with Crippen molar-refractivity contribution in [3.05, 3.63) is 94.6 Å². The molecule has 0 amide bonds. The Bertz CT molecular complexity index is 1550. The van der Waals surface area contributed by atoms with Crippen molar-refractivity contribution < 1.29 is 24.2 Å². The van der Waals surface area contributed by atoms with Crippen LogP contribution in [0.25, 0.3) is 44.5 Å². The van der Waals surface area contributed by atoms with Gasteiger partial charge in [-0.25, -0.2) is 4.79 Å². The maximum atomic E-state index is 12.3. The lowest BCUT2D eigenvalue weighted by Gasteiger charge is -2.17. The molecule has 0 saturated heterocycles. The molecule has 5 rings (SSSR count). The van der Waals surface area contributed by atoms with Gasteiger partial charge < -0.3 is 19.4 Å². The van der Waals surface area contributed by atoms with Gasteiger partial charge in [-0.3, -0.25) is 4.79 Å². The average Bonchev–Trinajstić information content (AvgIpc) is 2.82. The number of benzene rings is 4. The molecule has 0 saturated carbocycles. The van der Waals surface area contributed by atoms with E-state index >= 15 is 0 Å². The first-order valence-electron chi connectivity index (χ1n) is 10.2. The molecule has 0 unspecified atom stereocenters. The van der Waals surface area contributed by atoms with Crippen LogP contribution in [-0.4, -0.2) is 23.3 Å². The van der Waals surface area contributed by atoms with Crippen LogP contribution in [0, 0.1) is 0 Å². The van der Waals surface area contributed by atoms with Gasteiger partial charge in [0.2, 0.25) is 0 Å². The number of aromatic carboxylic acids is 1. The van der Waals surface area contributed by atoms with Crippen molar-refractivity contribution in [3.8, 4) is 45.1 Å². The predicted molar refractivity (Wildman–Crippen MR) is 125 cm³/mol. The minimum atomic E-state index is -1.08. The molecular weight excluding hydrogens is 420 g/mol. The van der Waals surface area contributed by atoms with Gasteiger partial charge in [0.1, 0.15) is 22.8 Å². The highest BCUT2D eigenvalue weighted by atomic mass is 16.5. The Morgan fingerprint density at radius 2 is 1.58 bits per heavy atom. The van der Waals surface area contributed by atoms with Crippen LogP contribution in [0.4, 0.5) is 0 Å². The molecule has 3 aromatic rings. The third kappa shape index (κ3) is 3.57. The van der Waals surface area contributed by atoms with E-state index in [4.69, 9.17) is 9.15 Å². The summed E-state index contributed by atoms with van der Waals surface area (Å²) in [5.41, 5.74) is 3.52. The molecule has 6 heteroatoms. The van der Waals surface area contributed by atoms with E-state index in [1.165, 1.54) is 24.3 Å². The van der Waals surface area contributed by atoms with E-state index in [0.29, 0.717) is 39.2 Å². The van der Waals surface area contributed by atoms with Gasteiger partial charge in [0.05, 0.1) is 12.7 Å². The number of carboxylic acid groups (broad SMARTS) is 1. The Balaban J connectivity index is 1.80. The van der Waals surface area contributed by atoms with Crippen LogP contribution in [0.15, 0.2) is 88.1 Å². The first-order valence-corrected chi connectivity index (χ1v) is 10.2. The van der Waals surface area contributed by atoms with Crippen molar-refractivity contribution >= 4 is 16.9 Å². The number of hydrogen-bond donors (Lipinski definition) is 2. The van der Waals surface area contributed by atoms with Gasteiger partial charge in [0.15, 0.2) is 5.43 Å². The second kappa shape index (κ2) is 7.84. The van der Waals surface area contributed by atoms with Crippen molar-refractivity contribution in [1.82, 2.24) is 0 Å². The second-order valence-electron chi connectivity index (χ2n) is 7.61. The van der Waals surface area contributed by atoms with Crippen molar-refractivity contribution in [2.75, 3.05) is 7.11 Å². The summed E-state index contributed by atoms with van der Waals surface area (Å²) in [6.45, 7) is 0. The number of phenolic OH excluding ortho intramolecular Hbond substituents is 1. The number of rotatable bonds is 4. The Kier molecular flexibility index (Phi) is 4.83. The fraction of sp³-hybridized carbons (Fsp3) is 0.0370. The molecule has 0 radical (unpaired) electrons. The number of carboxylic acids is 1. The Morgan fingerprint density at radius 1 is 0.848 bits per heavy atom. The summed E-state index contributed by atoms with van der Waals surface area (Å²) >= 11 is 0. The fourth-order valence-corrected chi connectivity index (χ4v) is 4.05. The van der Waals surface area contributed by atoms with Gasteiger partial charge in [0.25, 0.3) is 0 Å². The average molecular weight is 438 g/mol. The van der Waals surface area contributed by atoms with E-state index in [9.17, 15) is 19.8 Å². The van der Waals surface area contributed by atoms with Gasteiger partial charge in [-0.05, 0) is 59.2 Å². The SMILES string of the molecule is COc1ccc(-c2ccc(-c3c4ccc(=O)cc-4oc4cc(O)ccc34)c(C(=O)O)c2)cc1. The first kappa shape index (κ1) is 20.3. The smallest absolute Gasteiger partial charge is 0.336 e. The molecule has 2 N–H and O–H groups in total. The Morgan fingerprint density at radius 3 is 2.30 bits per heavy atom. The van der Waals surface area contributed by atoms with Crippen LogP contribution in [0.5, 0.6) is 11.5 Å². The van der Waals surface area contributed by atoms with E-state index in [-0.39, 0.29) is 16.7 Å². The number of aromatic hydroxyl groups is 1. The molecule has 162 valence electrons. The standard InChI is InChI=1S/C27H18O6/c1-32-19-7-2-15(3-8-19)16-4-9-20(23(12-16)27(30)31)26-21-10-5-17(28)13-24(21)33-25-14-18(29)6-11-22(25)26/h2-14,28H,1H3,(H,30,31). The van der Waals surface area contributed by atoms with E-state index in [0.717, 1.165) is 11.1 Å². The zero-order valence-electron chi connectivity index (χ0n) is 17.5. The number of carbonyl (C=O) groups is 1. The number of phenols is 1. The zero-order chi connectivity index (χ0) is 23.1. The van der Waals surface area contributed by atoms with Crippen molar-refractivity contribution in [2.24, 2.45) is 0 Å². The lowest BCUT2D eigenvalue weighted by Crippen LogP contribution is -2.04. The largest absolute Gasteiger partial charge is 0.508 e. The van der Waals surface area contributed by atoms with E-state index in [2.05, 4.69) is 0 Å². The van der Waals surface area contributed by atoms with E-state index in [1.54, 1.807) is 31.4 Å². The van der Waals surface area contributed by atoms with Gasteiger partial charge in [-0.2, -0.15) is 0 Å². The lowest BCUT2D eigenvalue weighted by molar-refractivity contribution is 0.0697. The molecular formula is C27H18O6. The Labute approximate surface area is 188 Å². The van der Waals surface area contributed by atoms with Crippen LogP contribution in [0.2, 0.25) is 0 Å². The maximum absolute atomic E-state index is 12.3. The number of ether oxygens (including phenoxy) is 1. The van der Waals surface area contributed by atoms with Crippen molar-refractivity contribution in [3.63, 3.8) is 0 Å². The first-order chi connectivity index (χ1) is 15.9. The van der Waals surface area contributed by atoms with Crippen LogP contribution in [0.3, 0.4) is 0 Å². The predicted octanol–water partition coefficient (Wildman–Crippen LogP) is 5.64. The number of methoxy groups -OCH3 is 1. The minimum absolute atomic E-state index is 0.00291. The molecule has 6 nitrogen and oxygen atoms in total. The van der Waals surface area contributed by atoms with Gasteiger partial charge in [0, 0.05) is 28.6 Å². The van der Waals surface area contributed by atoms with Crippen LogP contribution in [-0.2, 0) is 0 Å². The normalized spacial score (nSPS) is 11.1. The maximum Gasteiger partial charge on any atom is 0.336 e. The molecule has 3 aromatic carbocycles. The third-order valence-corrected chi connectivity index (χ3v) is 5.62. The minimum Gasteiger partial charge on any atom is -0.508 e. The summed E-state index contributed by atoms with van der Waals surface area (Å²) in [7, 11) is 1.59. The molecule has 0 spiro atoms. The lowest BCUT2D eigenvalue weighted by atomic mass is 9.89. The van der Waals surface area contributed by atoms with Gasteiger partial charge >= 0.3 is 5.97 Å². The topological polar surface area (TPSA) is 97.0 Å². The molecule has 2 aliphatic rings. The third-order valence-electron chi connectivity index (χ3n) is 5.62. The summed E-state index contributed by atoms with van der Waals surface area (Å²) < 4.78 is 11.1. The quantitative estimate of drug-likeness (QED) is 0.352. The summed E-state index contributed by atoms with van der Waals surface area (Å²) in [4.78, 5) is 24.3. The second-order valence-corrected chi connectivity index (χ2v) is 7.61. The van der Waals surface area contributed by atoms with Gasteiger partial charge in [-0.15, -0.1) is 0 Å². The molecule has 0 aromatic heterocycles. The molecule has 0 atom stereocenters. The fourth-order valence-electron chi connectivity index (χ4n) is 4.05. The Hall–Kier alpha value is -4.58. The van der Waals surface area contributed by atoms with E-state index in [1.807, 2.05) is 30.3 Å². The van der Waals surface area contributed by atoms with E-state index < -0.39 is 5.97 Å². The van der Waals surface area contributed by atoms with Crippen LogP contribution < -0.4 is 10.2 Å². The molecule has 33 heavy (non-hydrogen) atoms. The summed E-state index contributed by atoms with van der Waals surface area (Å²) in [5, 5.41) is 20.6. The zero-order valence-corrected chi connectivity index (χ0v) is 17.5. The molecule has 1 aliphatic carbocycles. The van der Waals surface area contributed by atoms with Gasteiger partial charge in [-0.1, -0.05) is 24.3 Å². The molecule has 0 bridgehead atoms. The molecule has 1 aliphatic heterocycles. The van der Waals surface area contributed by atoms with Crippen molar-refractivity contribution in [1.29, 1.82) is 0 Å². The highest BCUT2D eigenvalue weighted by molar-refractivity contribution is 6.08. The van der Waals surface area contributed by atoms with Crippen LogP contribution in [0.1, 0.15) is 10.4 Å². The highest BCUT2D eigenvalue weighted by Gasteiger charge is 2.22. The number of fused-ring (bicyclic) bond motifs is 2. The molecule has 1 heterocycles. The number of hydrogen-bond acceptors (Lipinski definition) is 5. The molecule has 0 fully saturated rings. The van der Waals surface area contributed by atoms with Crippen molar-refractivity contribution in [2.45, 2.75) is 0 Å². The monoisotopic (exact) mass is 438 g/mol. The summed E-state index contributed by atoms with van der Waals surface area (Å²) in [5.74, 6) is -0.0585. The summed E-state index contributed by atoms with van der Waals surface area (Å²) in [6.07, 6.45) is 0. The highest BCUT2D eigenvalue weighted by Crippen LogP contribution is 2.42. The summed E-state index contributed by atoms with van der Waals surface area (Å²) in [6, 6.07) is 21.6. The van der Waals surface area contributed by atoms with Crippen LogP contribution >= 0.6 is 0 Å².